The third kappa shape index (κ3) is 3.83. The van der Waals surface area contributed by atoms with Crippen LogP contribution in [0.4, 0.5) is 11.5 Å². The van der Waals surface area contributed by atoms with Gasteiger partial charge in [0.1, 0.15) is 12.0 Å². The highest BCUT2D eigenvalue weighted by Gasteiger charge is 2.34. The Morgan fingerprint density at radius 1 is 1.14 bits per heavy atom. The van der Waals surface area contributed by atoms with Crippen LogP contribution < -0.4 is 20.9 Å². The van der Waals surface area contributed by atoms with Gasteiger partial charge in [-0.3, -0.25) is 0 Å². The summed E-state index contributed by atoms with van der Waals surface area (Å²) in [5, 5.41) is 10.4. The Morgan fingerprint density at radius 2 is 1.97 bits per heavy atom. The highest BCUT2D eigenvalue weighted by molar-refractivity contribution is 5.94. The fraction of sp³-hybridized carbons (Fsp3) is 0.545. The first-order valence-corrected chi connectivity index (χ1v) is 11.0. The predicted molar refractivity (Wildman–Crippen MR) is 118 cm³/mol. The van der Waals surface area contributed by atoms with E-state index in [0.29, 0.717) is 12.0 Å². The first-order chi connectivity index (χ1) is 14.3. The molecule has 1 aromatic heterocycles. The molecule has 0 spiro atoms. The van der Waals surface area contributed by atoms with Gasteiger partial charge in [0, 0.05) is 44.3 Å². The van der Waals surface area contributed by atoms with Crippen molar-refractivity contribution in [1.29, 1.82) is 0 Å². The Balaban J connectivity index is 1.28. The van der Waals surface area contributed by atoms with E-state index in [1.54, 1.807) is 0 Å². The molecule has 1 saturated heterocycles. The molecule has 2 fully saturated rings. The normalized spacial score (nSPS) is 27.2. The molecule has 0 amide bonds. The Bertz CT molecular complexity index is 801. The lowest BCUT2D eigenvalue weighted by Gasteiger charge is -2.43. The second-order valence-corrected chi connectivity index (χ2v) is 8.43. The molecule has 4 heterocycles. The quantitative estimate of drug-likeness (QED) is 0.733. The summed E-state index contributed by atoms with van der Waals surface area (Å²) in [7, 11) is 0. The number of allylic oxidation sites excluding steroid dienone is 1. The van der Waals surface area contributed by atoms with Gasteiger partial charge in [0.15, 0.2) is 0 Å². The molecule has 2 unspecified atom stereocenters. The van der Waals surface area contributed by atoms with Crippen molar-refractivity contribution < 1.29 is 0 Å². The van der Waals surface area contributed by atoms with E-state index in [1.165, 1.54) is 36.9 Å². The SMILES string of the molecule is CC1C=CN(C2CCCC2)C2NC(Nc3ccc(N4CCNCC4)cn3)=NC=C12. The summed E-state index contributed by atoms with van der Waals surface area (Å²) < 4.78 is 0. The average Bonchev–Trinajstić information content (AvgIpc) is 3.30. The van der Waals surface area contributed by atoms with Crippen LogP contribution >= 0.6 is 0 Å². The second kappa shape index (κ2) is 8.06. The summed E-state index contributed by atoms with van der Waals surface area (Å²) in [5.41, 5.74) is 2.52. The van der Waals surface area contributed by atoms with Crippen molar-refractivity contribution in [3.8, 4) is 0 Å². The molecule has 3 N–H and O–H groups in total. The van der Waals surface area contributed by atoms with Crippen molar-refractivity contribution in [3.05, 3.63) is 42.4 Å². The minimum atomic E-state index is 0.179. The zero-order valence-electron chi connectivity index (χ0n) is 17.1. The number of anilines is 2. The molecule has 1 aliphatic carbocycles. The summed E-state index contributed by atoms with van der Waals surface area (Å²) in [6, 6.07) is 4.80. The van der Waals surface area contributed by atoms with Crippen LogP contribution in [0.2, 0.25) is 0 Å². The Morgan fingerprint density at radius 3 is 2.72 bits per heavy atom. The lowest BCUT2D eigenvalue weighted by molar-refractivity contribution is 0.198. The van der Waals surface area contributed by atoms with Gasteiger partial charge in [0.25, 0.3) is 0 Å². The number of pyridine rings is 1. The first-order valence-electron chi connectivity index (χ1n) is 11.0. The smallest absolute Gasteiger partial charge is 0.203 e. The van der Waals surface area contributed by atoms with Gasteiger partial charge in [-0.05, 0) is 36.7 Å². The number of hydrogen-bond donors (Lipinski definition) is 3. The van der Waals surface area contributed by atoms with Crippen LogP contribution in [0.25, 0.3) is 0 Å². The number of fused-ring (bicyclic) bond motifs is 1. The van der Waals surface area contributed by atoms with E-state index in [1.807, 2.05) is 18.5 Å². The Hall–Kier alpha value is -2.54. The van der Waals surface area contributed by atoms with Crippen molar-refractivity contribution >= 4 is 17.5 Å². The van der Waals surface area contributed by atoms with Gasteiger partial charge in [0.05, 0.1) is 11.9 Å². The van der Waals surface area contributed by atoms with Crippen LogP contribution in [0.15, 0.2) is 47.4 Å². The van der Waals surface area contributed by atoms with Gasteiger partial charge in [-0.2, -0.15) is 0 Å². The summed E-state index contributed by atoms with van der Waals surface area (Å²) >= 11 is 0. The van der Waals surface area contributed by atoms with Crippen LogP contribution in [0.1, 0.15) is 32.6 Å². The number of aromatic nitrogens is 1. The zero-order valence-corrected chi connectivity index (χ0v) is 17.1. The third-order valence-electron chi connectivity index (χ3n) is 6.53. The summed E-state index contributed by atoms with van der Waals surface area (Å²) in [6.07, 6.45) is 14.0. The van der Waals surface area contributed by atoms with Crippen LogP contribution in [0.3, 0.4) is 0 Å². The molecule has 1 saturated carbocycles. The molecular weight excluding hydrogens is 362 g/mol. The molecule has 1 aromatic rings. The molecule has 0 radical (unpaired) electrons. The number of nitrogens with zero attached hydrogens (tertiary/aromatic N) is 4. The van der Waals surface area contributed by atoms with Crippen LogP contribution in [0, 0.1) is 5.92 Å². The maximum Gasteiger partial charge on any atom is 0.203 e. The van der Waals surface area contributed by atoms with Crippen LogP contribution in [-0.4, -0.2) is 54.2 Å². The van der Waals surface area contributed by atoms with Gasteiger partial charge >= 0.3 is 0 Å². The van der Waals surface area contributed by atoms with Gasteiger partial charge in [-0.15, -0.1) is 0 Å². The standard InChI is InChI=1S/C22H31N7/c1-16-8-11-29(17-4-2-3-5-17)21-19(16)15-25-22(27-21)26-20-7-6-18(14-24-20)28-12-9-23-10-13-28/h6-8,11,14-17,21,23H,2-5,9-10,12-13H2,1H3,(H2,24,25,26,27). The maximum atomic E-state index is 4.65. The molecule has 3 aliphatic heterocycles. The van der Waals surface area contributed by atoms with Crippen molar-refractivity contribution in [2.24, 2.45) is 10.9 Å². The summed E-state index contributed by atoms with van der Waals surface area (Å²) in [5.74, 6) is 2.00. The van der Waals surface area contributed by atoms with Crippen molar-refractivity contribution in [2.45, 2.75) is 44.8 Å². The summed E-state index contributed by atoms with van der Waals surface area (Å²) in [4.78, 5) is 14.1. The molecule has 0 bridgehead atoms. The number of nitrogens with one attached hydrogen (secondary N) is 3. The molecule has 4 aliphatic rings. The monoisotopic (exact) mass is 393 g/mol. The van der Waals surface area contributed by atoms with E-state index < -0.39 is 0 Å². The Kier molecular flexibility index (Phi) is 5.14. The van der Waals surface area contributed by atoms with Crippen molar-refractivity contribution in [3.63, 3.8) is 0 Å². The van der Waals surface area contributed by atoms with Crippen molar-refractivity contribution in [1.82, 2.24) is 20.5 Å². The van der Waals surface area contributed by atoms with Gasteiger partial charge in [-0.1, -0.05) is 25.8 Å². The van der Waals surface area contributed by atoms with E-state index in [-0.39, 0.29) is 6.17 Å². The minimum absolute atomic E-state index is 0.179. The molecule has 0 aromatic carbocycles. The average molecular weight is 394 g/mol. The number of rotatable bonds is 3. The second-order valence-electron chi connectivity index (χ2n) is 8.43. The molecule has 5 rings (SSSR count). The molecular formula is C22H31N7. The fourth-order valence-corrected chi connectivity index (χ4v) is 4.79. The molecule has 7 heteroatoms. The van der Waals surface area contributed by atoms with Crippen molar-refractivity contribution in [2.75, 3.05) is 36.4 Å². The minimum Gasteiger partial charge on any atom is -0.368 e. The van der Waals surface area contributed by atoms with E-state index >= 15 is 0 Å². The molecule has 154 valence electrons. The first kappa shape index (κ1) is 18.5. The highest BCUT2D eigenvalue weighted by Crippen LogP contribution is 2.33. The molecule has 7 nitrogen and oxygen atoms in total. The van der Waals surface area contributed by atoms with Gasteiger partial charge < -0.3 is 25.8 Å². The lowest BCUT2D eigenvalue weighted by Crippen LogP contribution is -2.55. The predicted octanol–water partition coefficient (Wildman–Crippen LogP) is 2.48. The zero-order chi connectivity index (χ0) is 19.6. The van der Waals surface area contributed by atoms with E-state index in [2.05, 4.69) is 61.0 Å². The van der Waals surface area contributed by atoms with E-state index in [9.17, 15) is 0 Å². The largest absolute Gasteiger partial charge is 0.368 e. The Labute approximate surface area is 173 Å². The number of guanidine groups is 1. The topological polar surface area (TPSA) is 67.8 Å². The number of aliphatic imine (C=N–C) groups is 1. The fourth-order valence-electron chi connectivity index (χ4n) is 4.79. The molecule has 29 heavy (non-hydrogen) atoms. The van der Waals surface area contributed by atoms with E-state index in [4.69, 9.17) is 0 Å². The molecule has 2 atom stereocenters. The summed E-state index contributed by atoms with van der Waals surface area (Å²) in [6.45, 7) is 6.36. The number of piperazine rings is 1. The van der Waals surface area contributed by atoms with E-state index in [0.717, 1.165) is 38.0 Å². The van der Waals surface area contributed by atoms with Crippen LogP contribution in [0.5, 0.6) is 0 Å². The van der Waals surface area contributed by atoms with Gasteiger partial charge in [0.2, 0.25) is 5.96 Å². The lowest BCUT2D eigenvalue weighted by atomic mass is 9.93. The highest BCUT2D eigenvalue weighted by atomic mass is 15.4. The maximum absolute atomic E-state index is 4.65. The van der Waals surface area contributed by atoms with Gasteiger partial charge in [-0.25, -0.2) is 9.98 Å². The van der Waals surface area contributed by atoms with Crippen LogP contribution in [-0.2, 0) is 0 Å². The number of hydrogen-bond acceptors (Lipinski definition) is 7. The third-order valence-corrected chi connectivity index (χ3v) is 6.53.